The number of benzene rings is 1. The molecule has 0 radical (unpaired) electrons. The normalized spacial score (nSPS) is 9.89. The summed E-state index contributed by atoms with van der Waals surface area (Å²) in [7, 11) is 0. The predicted molar refractivity (Wildman–Crippen MR) is 71.5 cm³/mol. The summed E-state index contributed by atoms with van der Waals surface area (Å²) in [6, 6.07) is 4.60. The second-order valence-electron chi connectivity index (χ2n) is 3.77. The molecule has 0 fully saturated rings. The molecule has 0 heterocycles. The van der Waals surface area contributed by atoms with E-state index >= 15 is 0 Å². The lowest BCUT2D eigenvalue weighted by molar-refractivity contribution is -0.120. The van der Waals surface area contributed by atoms with Gasteiger partial charge in [-0.3, -0.25) is 9.59 Å². The first-order chi connectivity index (χ1) is 8.54. The number of rotatable bonds is 5. The van der Waals surface area contributed by atoms with Gasteiger partial charge in [0, 0.05) is 12.2 Å². The topological polar surface area (TPSA) is 84.2 Å². The van der Waals surface area contributed by atoms with Gasteiger partial charge in [0.2, 0.25) is 5.91 Å². The van der Waals surface area contributed by atoms with Crippen molar-refractivity contribution >= 4 is 29.1 Å². The molecular weight excluding hydrogens is 254 g/mol. The number of carbonyl (C=O) groups excluding carboxylic acids is 2. The van der Waals surface area contributed by atoms with E-state index in [9.17, 15) is 9.59 Å². The van der Waals surface area contributed by atoms with Crippen LogP contribution in [0.3, 0.4) is 0 Å². The maximum absolute atomic E-state index is 11.7. The Kier molecular flexibility index (Phi) is 5.45. The monoisotopic (exact) mass is 269 g/mol. The molecular formula is C12H16ClN3O2. The Hall–Kier alpha value is -1.75. The highest BCUT2D eigenvalue weighted by Gasteiger charge is 2.11. The van der Waals surface area contributed by atoms with Gasteiger partial charge in [0.25, 0.3) is 5.91 Å². The highest BCUT2D eigenvalue weighted by atomic mass is 35.5. The molecule has 1 rings (SSSR count). The second kappa shape index (κ2) is 6.86. The molecule has 6 heteroatoms. The number of hydrogen-bond donors (Lipinski definition) is 3. The first-order valence-electron chi connectivity index (χ1n) is 5.64. The van der Waals surface area contributed by atoms with Crippen LogP contribution in [0.5, 0.6) is 0 Å². The van der Waals surface area contributed by atoms with Crippen LogP contribution in [0.2, 0.25) is 5.02 Å². The Morgan fingerprint density at radius 1 is 1.33 bits per heavy atom. The molecule has 0 saturated heterocycles. The molecule has 0 unspecified atom stereocenters. The molecule has 0 aliphatic rings. The van der Waals surface area contributed by atoms with Gasteiger partial charge in [-0.15, -0.1) is 0 Å². The Morgan fingerprint density at radius 2 is 2.06 bits per heavy atom. The molecule has 0 bridgehead atoms. The van der Waals surface area contributed by atoms with Crippen LogP contribution in [0.15, 0.2) is 18.2 Å². The van der Waals surface area contributed by atoms with Gasteiger partial charge >= 0.3 is 0 Å². The van der Waals surface area contributed by atoms with Crippen molar-refractivity contribution in [1.82, 2.24) is 10.6 Å². The fraction of sp³-hybridized carbons (Fsp3) is 0.333. The van der Waals surface area contributed by atoms with E-state index in [2.05, 4.69) is 10.6 Å². The molecule has 0 aromatic heterocycles. The van der Waals surface area contributed by atoms with Gasteiger partial charge in [-0.05, 0) is 24.6 Å². The Bertz CT molecular complexity index is 449. The molecule has 0 spiro atoms. The average molecular weight is 270 g/mol. The largest absolute Gasteiger partial charge is 0.399 e. The van der Waals surface area contributed by atoms with Gasteiger partial charge in [0.05, 0.1) is 17.1 Å². The Morgan fingerprint density at radius 3 is 2.67 bits per heavy atom. The van der Waals surface area contributed by atoms with Crippen LogP contribution in [-0.2, 0) is 4.79 Å². The third kappa shape index (κ3) is 4.25. The first-order valence-corrected chi connectivity index (χ1v) is 6.02. The van der Waals surface area contributed by atoms with E-state index in [0.29, 0.717) is 17.8 Å². The number of anilines is 1. The molecule has 2 amide bonds. The van der Waals surface area contributed by atoms with E-state index < -0.39 is 5.91 Å². The molecule has 98 valence electrons. The van der Waals surface area contributed by atoms with Gasteiger partial charge in [-0.1, -0.05) is 18.5 Å². The van der Waals surface area contributed by atoms with Crippen molar-refractivity contribution in [3.63, 3.8) is 0 Å². The van der Waals surface area contributed by atoms with Crippen LogP contribution in [0.4, 0.5) is 5.69 Å². The van der Waals surface area contributed by atoms with Crippen molar-refractivity contribution in [2.45, 2.75) is 13.3 Å². The van der Waals surface area contributed by atoms with Crippen molar-refractivity contribution in [3.05, 3.63) is 28.8 Å². The number of halogens is 1. The van der Waals surface area contributed by atoms with Gasteiger partial charge in [-0.25, -0.2) is 0 Å². The molecule has 0 atom stereocenters. The highest BCUT2D eigenvalue weighted by Crippen LogP contribution is 2.18. The van der Waals surface area contributed by atoms with Gasteiger partial charge < -0.3 is 16.4 Å². The van der Waals surface area contributed by atoms with Crippen molar-refractivity contribution in [2.75, 3.05) is 18.8 Å². The SMILES string of the molecule is CCCNC(=O)CNC(=O)c1ccc(N)cc1Cl. The van der Waals surface area contributed by atoms with Crippen LogP contribution < -0.4 is 16.4 Å². The number of nitrogen functional groups attached to an aromatic ring is 1. The molecule has 18 heavy (non-hydrogen) atoms. The minimum absolute atomic E-state index is 0.0699. The second-order valence-corrected chi connectivity index (χ2v) is 4.18. The summed E-state index contributed by atoms with van der Waals surface area (Å²) in [6.45, 7) is 2.48. The lowest BCUT2D eigenvalue weighted by Crippen LogP contribution is -2.37. The molecule has 0 aliphatic heterocycles. The van der Waals surface area contributed by atoms with Gasteiger partial charge in [0.15, 0.2) is 0 Å². The Labute approximate surface area is 111 Å². The summed E-state index contributed by atoms with van der Waals surface area (Å²) in [5.74, 6) is -0.622. The molecule has 1 aromatic carbocycles. The summed E-state index contributed by atoms with van der Waals surface area (Å²) < 4.78 is 0. The zero-order valence-corrected chi connectivity index (χ0v) is 10.9. The quantitative estimate of drug-likeness (QED) is 0.702. The Balaban J connectivity index is 2.53. The molecule has 1 aromatic rings. The van der Waals surface area contributed by atoms with Crippen molar-refractivity contribution < 1.29 is 9.59 Å². The third-order valence-corrected chi connectivity index (χ3v) is 2.53. The van der Waals surface area contributed by atoms with Crippen molar-refractivity contribution in [3.8, 4) is 0 Å². The van der Waals surface area contributed by atoms with E-state index in [-0.39, 0.29) is 17.5 Å². The van der Waals surface area contributed by atoms with E-state index in [1.165, 1.54) is 12.1 Å². The fourth-order valence-corrected chi connectivity index (χ4v) is 1.57. The molecule has 4 N–H and O–H groups in total. The number of hydrogen-bond acceptors (Lipinski definition) is 3. The van der Waals surface area contributed by atoms with Crippen LogP contribution in [0.1, 0.15) is 23.7 Å². The number of nitrogens with two attached hydrogens (primary N) is 1. The number of carbonyl (C=O) groups is 2. The zero-order chi connectivity index (χ0) is 13.5. The molecule has 5 nitrogen and oxygen atoms in total. The first kappa shape index (κ1) is 14.3. The molecule has 0 aliphatic carbocycles. The number of amides is 2. The fourth-order valence-electron chi connectivity index (χ4n) is 1.30. The predicted octanol–water partition coefficient (Wildman–Crippen LogP) is 1.18. The third-order valence-electron chi connectivity index (χ3n) is 2.22. The smallest absolute Gasteiger partial charge is 0.253 e. The maximum atomic E-state index is 11.7. The van der Waals surface area contributed by atoms with Crippen LogP contribution in [-0.4, -0.2) is 24.9 Å². The summed E-state index contributed by atoms with van der Waals surface area (Å²) in [5.41, 5.74) is 6.31. The van der Waals surface area contributed by atoms with Crippen LogP contribution >= 0.6 is 11.6 Å². The minimum Gasteiger partial charge on any atom is -0.399 e. The lowest BCUT2D eigenvalue weighted by Gasteiger charge is -2.07. The number of nitrogens with one attached hydrogen (secondary N) is 2. The van der Waals surface area contributed by atoms with E-state index in [4.69, 9.17) is 17.3 Å². The summed E-state index contributed by atoms with van der Waals surface area (Å²) in [5, 5.41) is 5.41. The summed E-state index contributed by atoms with van der Waals surface area (Å²) in [6.07, 6.45) is 0.851. The van der Waals surface area contributed by atoms with Crippen molar-refractivity contribution in [2.24, 2.45) is 0 Å². The maximum Gasteiger partial charge on any atom is 0.253 e. The minimum atomic E-state index is -0.397. The van der Waals surface area contributed by atoms with Crippen LogP contribution in [0, 0.1) is 0 Å². The highest BCUT2D eigenvalue weighted by molar-refractivity contribution is 6.34. The lowest BCUT2D eigenvalue weighted by atomic mass is 10.2. The van der Waals surface area contributed by atoms with E-state index in [0.717, 1.165) is 6.42 Å². The summed E-state index contributed by atoms with van der Waals surface area (Å²) >= 11 is 5.88. The van der Waals surface area contributed by atoms with Gasteiger partial charge in [-0.2, -0.15) is 0 Å². The molecule has 0 saturated carbocycles. The standard InChI is InChI=1S/C12H16ClN3O2/c1-2-5-15-11(17)7-16-12(18)9-4-3-8(14)6-10(9)13/h3-4,6H,2,5,7,14H2,1H3,(H,15,17)(H,16,18). The van der Waals surface area contributed by atoms with Crippen molar-refractivity contribution in [1.29, 1.82) is 0 Å². The van der Waals surface area contributed by atoms with Gasteiger partial charge in [0.1, 0.15) is 0 Å². The average Bonchev–Trinajstić information content (AvgIpc) is 2.33. The van der Waals surface area contributed by atoms with Crippen LogP contribution in [0.25, 0.3) is 0 Å². The summed E-state index contributed by atoms with van der Waals surface area (Å²) in [4.78, 5) is 23.0. The van der Waals surface area contributed by atoms with E-state index in [1.54, 1.807) is 6.07 Å². The zero-order valence-electron chi connectivity index (χ0n) is 10.1. The van der Waals surface area contributed by atoms with E-state index in [1.807, 2.05) is 6.92 Å².